The Labute approximate surface area is 195 Å². The first-order valence-corrected chi connectivity index (χ1v) is 12.4. The number of aromatic nitrogens is 1. The molecule has 0 atom stereocenters. The predicted octanol–water partition coefficient (Wildman–Crippen LogP) is 2.62. The number of nitrogens with zero attached hydrogens (tertiary/aromatic N) is 2. The van der Waals surface area contributed by atoms with Crippen LogP contribution in [0.3, 0.4) is 0 Å². The molecule has 1 saturated heterocycles. The third-order valence-electron chi connectivity index (χ3n) is 5.39. The maximum absolute atomic E-state index is 12.7. The lowest BCUT2D eigenvalue weighted by atomic mass is 10.3. The van der Waals surface area contributed by atoms with E-state index in [2.05, 4.69) is 5.32 Å². The van der Waals surface area contributed by atoms with E-state index >= 15 is 0 Å². The second-order valence-electron chi connectivity index (χ2n) is 7.67. The first-order valence-electron chi connectivity index (χ1n) is 10.6. The summed E-state index contributed by atoms with van der Waals surface area (Å²) in [6, 6.07) is 11.3. The fourth-order valence-corrected chi connectivity index (χ4v) is 5.43. The van der Waals surface area contributed by atoms with Crippen molar-refractivity contribution in [2.24, 2.45) is 0 Å². The molecule has 1 aromatic heterocycles. The van der Waals surface area contributed by atoms with Crippen molar-refractivity contribution in [1.29, 1.82) is 0 Å². The van der Waals surface area contributed by atoms with Gasteiger partial charge in [0.2, 0.25) is 15.9 Å². The Hall–Kier alpha value is -2.82. The van der Waals surface area contributed by atoms with Crippen molar-refractivity contribution in [1.82, 2.24) is 14.2 Å². The fraction of sp³-hybridized carbons (Fsp3) is 0.364. The summed E-state index contributed by atoms with van der Waals surface area (Å²) in [6.45, 7) is 1.65. The van der Waals surface area contributed by atoms with Crippen LogP contribution in [0.1, 0.15) is 19.3 Å². The highest BCUT2D eigenvalue weighted by molar-refractivity contribution is 7.89. The maximum atomic E-state index is 12.7. The summed E-state index contributed by atoms with van der Waals surface area (Å²) in [6.07, 6.45) is 1.73. The molecule has 0 aliphatic carbocycles. The van der Waals surface area contributed by atoms with Gasteiger partial charge in [0.1, 0.15) is 12.4 Å². The van der Waals surface area contributed by atoms with Gasteiger partial charge >= 0.3 is 5.76 Å². The molecule has 4 rings (SSSR count). The molecular weight excluding hydrogens is 470 g/mol. The highest BCUT2D eigenvalue weighted by Gasteiger charge is 2.28. The standard InChI is InChI=1S/C22H24ClN3O6S/c23-16-4-3-5-17(14-16)31-13-9-24-21(27)8-12-26-19-7-6-18(15-20(19)32-22(26)28)33(29,30)25-10-1-2-11-25/h3-7,14-15H,1-2,8-13H2,(H,24,27). The van der Waals surface area contributed by atoms with E-state index < -0.39 is 15.8 Å². The quantitative estimate of drug-likeness (QED) is 0.459. The molecule has 0 unspecified atom stereocenters. The topological polar surface area (TPSA) is 111 Å². The minimum atomic E-state index is -3.62. The van der Waals surface area contributed by atoms with Crippen LogP contribution in [0, 0.1) is 0 Å². The first-order chi connectivity index (χ1) is 15.8. The van der Waals surface area contributed by atoms with E-state index in [1.165, 1.54) is 21.0 Å². The van der Waals surface area contributed by atoms with Gasteiger partial charge in [0.25, 0.3) is 0 Å². The van der Waals surface area contributed by atoms with E-state index in [1.54, 1.807) is 30.3 Å². The second kappa shape index (κ2) is 9.98. The average molecular weight is 494 g/mol. The third-order valence-corrected chi connectivity index (χ3v) is 7.52. The molecule has 9 nitrogen and oxygen atoms in total. The molecule has 3 aromatic rings. The lowest BCUT2D eigenvalue weighted by Gasteiger charge is -2.15. The number of sulfonamides is 1. The largest absolute Gasteiger partial charge is 0.492 e. The molecule has 2 aromatic carbocycles. The number of halogens is 1. The van der Waals surface area contributed by atoms with Gasteiger partial charge in [0.05, 0.1) is 17.0 Å². The Balaban J connectivity index is 1.34. The smallest absolute Gasteiger partial charge is 0.419 e. The van der Waals surface area contributed by atoms with Gasteiger partial charge in [-0.25, -0.2) is 13.2 Å². The van der Waals surface area contributed by atoms with Crippen LogP contribution in [0.15, 0.2) is 56.6 Å². The van der Waals surface area contributed by atoms with Gasteiger partial charge in [0.15, 0.2) is 5.58 Å². The molecule has 2 heterocycles. The van der Waals surface area contributed by atoms with Crippen molar-refractivity contribution in [2.75, 3.05) is 26.2 Å². The molecule has 1 aliphatic heterocycles. The lowest BCUT2D eigenvalue weighted by molar-refractivity contribution is -0.121. The van der Waals surface area contributed by atoms with E-state index in [1.807, 2.05) is 0 Å². The highest BCUT2D eigenvalue weighted by atomic mass is 35.5. The molecular formula is C22H24ClN3O6S. The van der Waals surface area contributed by atoms with Crippen LogP contribution in [0.4, 0.5) is 0 Å². The third kappa shape index (κ3) is 5.40. The van der Waals surface area contributed by atoms with E-state index in [0.717, 1.165) is 12.8 Å². The number of rotatable bonds is 9. The number of fused-ring (bicyclic) bond motifs is 1. The van der Waals surface area contributed by atoms with Crippen molar-refractivity contribution in [3.63, 3.8) is 0 Å². The van der Waals surface area contributed by atoms with Crippen molar-refractivity contribution in [3.8, 4) is 5.75 Å². The van der Waals surface area contributed by atoms with Gasteiger partial charge in [0, 0.05) is 37.1 Å². The Morgan fingerprint density at radius 1 is 1.15 bits per heavy atom. The summed E-state index contributed by atoms with van der Waals surface area (Å²) in [5.41, 5.74) is 0.619. The molecule has 0 bridgehead atoms. The van der Waals surface area contributed by atoms with Crippen molar-refractivity contribution < 1.29 is 22.4 Å². The first kappa shape index (κ1) is 23.3. The van der Waals surface area contributed by atoms with Gasteiger partial charge in [-0.2, -0.15) is 4.31 Å². The monoisotopic (exact) mass is 493 g/mol. The molecule has 0 saturated carbocycles. The zero-order valence-electron chi connectivity index (χ0n) is 17.8. The Morgan fingerprint density at radius 2 is 1.94 bits per heavy atom. The Morgan fingerprint density at radius 3 is 2.70 bits per heavy atom. The predicted molar refractivity (Wildman–Crippen MR) is 123 cm³/mol. The number of benzene rings is 2. The molecule has 11 heteroatoms. The normalized spacial score (nSPS) is 14.6. The average Bonchev–Trinajstić information content (AvgIpc) is 3.43. The number of carbonyl (C=O) groups is 1. The van der Waals surface area contributed by atoms with Crippen LogP contribution in [0.2, 0.25) is 5.02 Å². The van der Waals surface area contributed by atoms with Gasteiger partial charge in [-0.15, -0.1) is 0 Å². The molecule has 1 N–H and O–H groups in total. The second-order valence-corrected chi connectivity index (χ2v) is 10.0. The van der Waals surface area contributed by atoms with Crippen LogP contribution in [0.25, 0.3) is 11.1 Å². The zero-order chi connectivity index (χ0) is 23.4. The number of nitrogens with one attached hydrogen (secondary N) is 1. The van der Waals surface area contributed by atoms with Crippen LogP contribution in [0.5, 0.6) is 5.75 Å². The summed E-state index contributed by atoms with van der Waals surface area (Å²) in [4.78, 5) is 24.5. The molecule has 1 fully saturated rings. The number of carbonyl (C=O) groups excluding carboxylic acids is 1. The van der Waals surface area contributed by atoms with Crippen LogP contribution >= 0.6 is 11.6 Å². The van der Waals surface area contributed by atoms with Crippen molar-refractivity contribution in [2.45, 2.75) is 30.7 Å². The summed E-state index contributed by atoms with van der Waals surface area (Å²) in [5.74, 6) is -0.281. The van der Waals surface area contributed by atoms with E-state index in [-0.39, 0.29) is 36.0 Å². The maximum Gasteiger partial charge on any atom is 0.419 e. The zero-order valence-corrected chi connectivity index (χ0v) is 19.4. The minimum Gasteiger partial charge on any atom is -0.492 e. The van der Waals surface area contributed by atoms with Gasteiger partial charge in [-0.3, -0.25) is 9.36 Å². The molecule has 33 heavy (non-hydrogen) atoms. The van der Waals surface area contributed by atoms with Crippen LogP contribution < -0.4 is 15.8 Å². The summed E-state index contributed by atoms with van der Waals surface area (Å²) >= 11 is 5.90. The highest BCUT2D eigenvalue weighted by Crippen LogP contribution is 2.24. The number of amides is 1. The summed E-state index contributed by atoms with van der Waals surface area (Å²) in [5, 5.41) is 3.29. The minimum absolute atomic E-state index is 0.0551. The number of hydrogen-bond acceptors (Lipinski definition) is 6. The number of hydrogen-bond donors (Lipinski definition) is 1. The van der Waals surface area contributed by atoms with Crippen molar-refractivity contribution in [3.05, 3.63) is 58.0 Å². The number of ether oxygens (including phenoxy) is 1. The van der Waals surface area contributed by atoms with Gasteiger partial charge in [-0.05, 0) is 43.2 Å². The Kier molecular flexibility index (Phi) is 7.06. The molecule has 176 valence electrons. The number of aryl methyl sites for hydroxylation is 1. The Bertz CT molecular complexity index is 1310. The SMILES string of the molecule is O=C(CCn1c(=O)oc2cc(S(=O)(=O)N3CCCC3)ccc21)NCCOc1cccc(Cl)c1. The number of oxazole rings is 1. The fourth-order valence-electron chi connectivity index (χ4n) is 3.71. The summed E-state index contributed by atoms with van der Waals surface area (Å²) < 4.78 is 39.0. The lowest BCUT2D eigenvalue weighted by Crippen LogP contribution is -2.29. The van der Waals surface area contributed by atoms with E-state index in [9.17, 15) is 18.0 Å². The summed E-state index contributed by atoms with van der Waals surface area (Å²) in [7, 11) is -3.62. The van der Waals surface area contributed by atoms with Crippen LogP contribution in [-0.2, 0) is 21.4 Å². The molecule has 0 radical (unpaired) electrons. The van der Waals surface area contributed by atoms with Crippen LogP contribution in [-0.4, -0.2) is 49.4 Å². The molecule has 0 spiro atoms. The van der Waals surface area contributed by atoms with Gasteiger partial charge in [-0.1, -0.05) is 17.7 Å². The van der Waals surface area contributed by atoms with Crippen molar-refractivity contribution >= 4 is 38.6 Å². The molecule has 1 amide bonds. The molecule has 1 aliphatic rings. The van der Waals surface area contributed by atoms with E-state index in [4.69, 9.17) is 20.8 Å². The van der Waals surface area contributed by atoms with Gasteiger partial charge < -0.3 is 14.5 Å². The van der Waals surface area contributed by atoms with E-state index in [0.29, 0.717) is 35.9 Å².